The molecule has 0 saturated carbocycles. The minimum Gasteiger partial charge on any atom is -0.493 e. The number of hydrogen-bond acceptors (Lipinski definition) is 2. The van der Waals surface area contributed by atoms with Crippen molar-refractivity contribution in [2.45, 2.75) is 26.7 Å². The predicted molar refractivity (Wildman–Crippen MR) is 117 cm³/mol. The molecular weight excluding hydrogens is 351 g/mol. The third-order valence-electron chi connectivity index (χ3n) is 4.14. The van der Waals surface area contributed by atoms with Crippen LogP contribution in [0, 0.1) is 0 Å². The first-order chi connectivity index (χ1) is 13.3. The van der Waals surface area contributed by atoms with Crippen LogP contribution in [0.25, 0.3) is 0 Å². The Hall–Kier alpha value is -2.31. The number of hydrogen-bond donors (Lipinski definition) is 0. The molecule has 3 heteroatoms. The van der Waals surface area contributed by atoms with Crippen LogP contribution in [0.5, 0.6) is 11.5 Å². The van der Waals surface area contributed by atoms with Crippen molar-refractivity contribution < 1.29 is 9.47 Å². The molecule has 2 nitrogen and oxygen atoms in total. The molecule has 140 valence electrons. The lowest BCUT2D eigenvalue weighted by atomic mass is 10.3. The van der Waals surface area contributed by atoms with Crippen LogP contribution < -0.4 is 25.4 Å². The molecule has 0 atom stereocenters. The molecular formula is C24H27O2P. The highest BCUT2D eigenvalue weighted by Gasteiger charge is 2.24. The highest BCUT2D eigenvalue weighted by Crippen LogP contribution is 2.40. The van der Waals surface area contributed by atoms with Crippen molar-refractivity contribution in [2.75, 3.05) is 13.2 Å². The first-order valence-electron chi connectivity index (χ1n) is 9.64. The van der Waals surface area contributed by atoms with Gasteiger partial charge in [0.15, 0.2) is 0 Å². The average molecular weight is 378 g/mol. The zero-order valence-electron chi connectivity index (χ0n) is 16.1. The predicted octanol–water partition coefficient (Wildman–Crippen LogP) is 5.02. The van der Waals surface area contributed by atoms with E-state index in [0.29, 0.717) is 13.2 Å². The topological polar surface area (TPSA) is 18.5 Å². The van der Waals surface area contributed by atoms with Crippen molar-refractivity contribution in [2.24, 2.45) is 0 Å². The highest BCUT2D eigenvalue weighted by atomic mass is 31.1. The van der Waals surface area contributed by atoms with Gasteiger partial charge in [0, 0.05) is 0 Å². The standard InChI is InChI=1S/C24H27O2P/c1-3-18-25-22-16-11-17-23(26-19-4-2)24(22)27(20-12-7-5-8-13-20)21-14-9-6-10-15-21/h5-17H,3-4,18-19H2,1-2H3. The summed E-state index contributed by atoms with van der Waals surface area (Å²) in [6, 6.07) is 27.6. The third kappa shape index (κ3) is 4.90. The van der Waals surface area contributed by atoms with E-state index in [0.717, 1.165) is 24.3 Å². The Morgan fingerprint density at radius 2 is 1.04 bits per heavy atom. The maximum atomic E-state index is 6.17. The molecule has 0 N–H and O–H groups in total. The Labute approximate surface area is 163 Å². The molecule has 0 unspecified atom stereocenters. The van der Waals surface area contributed by atoms with E-state index in [2.05, 4.69) is 86.6 Å². The largest absolute Gasteiger partial charge is 0.493 e. The van der Waals surface area contributed by atoms with Gasteiger partial charge in [0.2, 0.25) is 0 Å². The second-order valence-corrected chi connectivity index (χ2v) is 8.46. The lowest BCUT2D eigenvalue weighted by Gasteiger charge is -2.24. The summed E-state index contributed by atoms with van der Waals surface area (Å²) in [5, 5.41) is 3.77. The quantitative estimate of drug-likeness (QED) is 0.487. The van der Waals surface area contributed by atoms with Crippen LogP contribution in [-0.2, 0) is 0 Å². The van der Waals surface area contributed by atoms with Crippen LogP contribution >= 0.6 is 7.92 Å². The normalized spacial score (nSPS) is 10.8. The van der Waals surface area contributed by atoms with Gasteiger partial charge in [0.25, 0.3) is 0 Å². The Morgan fingerprint density at radius 3 is 1.44 bits per heavy atom. The van der Waals surface area contributed by atoms with Crippen LogP contribution in [0.15, 0.2) is 78.9 Å². The van der Waals surface area contributed by atoms with Crippen LogP contribution in [0.2, 0.25) is 0 Å². The van der Waals surface area contributed by atoms with Gasteiger partial charge in [-0.05, 0) is 43.5 Å². The van der Waals surface area contributed by atoms with Crippen molar-refractivity contribution >= 4 is 23.8 Å². The number of rotatable bonds is 9. The summed E-state index contributed by atoms with van der Waals surface area (Å²) < 4.78 is 12.3. The second-order valence-electron chi connectivity index (χ2n) is 6.31. The van der Waals surface area contributed by atoms with Crippen molar-refractivity contribution in [1.29, 1.82) is 0 Å². The summed E-state index contributed by atoms with van der Waals surface area (Å²) in [7, 11) is -0.771. The molecule has 27 heavy (non-hydrogen) atoms. The molecule has 0 spiro atoms. The summed E-state index contributed by atoms with van der Waals surface area (Å²) in [5.74, 6) is 1.87. The smallest absolute Gasteiger partial charge is 0.131 e. The van der Waals surface area contributed by atoms with Gasteiger partial charge >= 0.3 is 0 Å². The summed E-state index contributed by atoms with van der Waals surface area (Å²) in [6.07, 6.45) is 1.96. The Balaban J connectivity index is 2.17. The fourth-order valence-corrected chi connectivity index (χ4v) is 5.42. The van der Waals surface area contributed by atoms with Crippen LogP contribution in [-0.4, -0.2) is 13.2 Å². The molecule has 0 aliphatic heterocycles. The Morgan fingerprint density at radius 1 is 0.593 bits per heavy atom. The van der Waals surface area contributed by atoms with E-state index in [4.69, 9.17) is 9.47 Å². The molecule has 0 amide bonds. The number of ether oxygens (including phenoxy) is 2. The fraction of sp³-hybridized carbons (Fsp3) is 0.250. The molecule has 0 aliphatic rings. The first kappa shape index (κ1) is 19.5. The second kappa shape index (κ2) is 10.1. The lowest BCUT2D eigenvalue weighted by Crippen LogP contribution is -2.24. The molecule has 0 fully saturated rings. The third-order valence-corrected chi connectivity index (χ3v) is 6.65. The highest BCUT2D eigenvalue weighted by molar-refractivity contribution is 7.80. The summed E-state index contributed by atoms with van der Waals surface area (Å²) >= 11 is 0. The summed E-state index contributed by atoms with van der Waals surface area (Å²) in [5.41, 5.74) is 0. The zero-order valence-corrected chi connectivity index (χ0v) is 17.0. The van der Waals surface area contributed by atoms with Gasteiger partial charge in [-0.1, -0.05) is 80.6 Å². The van der Waals surface area contributed by atoms with Crippen molar-refractivity contribution in [3.05, 3.63) is 78.9 Å². The van der Waals surface area contributed by atoms with E-state index in [1.165, 1.54) is 15.9 Å². The maximum Gasteiger partial charge on any atom is 0.131 e. The maximum absolute atomic E-state index is 6.17. The van der Waals surface area contributed by atoms with E-state index in [-0.39, 0.29) is 0 Å². The number of benzene rings is 3. The average Bonchev–Trinajstić information content (AvgIpc) is 2.73. The van der Waals surface area contributed by atoms with Crippen LogP contribution in [0.4, 0.5) is 0 Å². The van der Waals surface area contributed by atoms with Crippen LogP contribution in [0.1, 0.15) is 26.7 Å². The Bertz CT molecular complexity index is 753. The van der Waals surface area contributed by atoms with Gasteiger partial charge < -0.3 is 9.47 Å². The first-order valence-corrected chi connectivity index (χ1v) is 11.0. The molecule has 0 bridgehead atoms. The molecule has 3 aromatic carbocycles. The molecule has 0 saturated heterocycles. The van der Waals surface area contributed by atoms with Crippen molar-refractivity contribution in [1.82, 2.24) is 0 Å². The lowest BCUT2D eigenvalue weighted by molar-refractivity contribution is 0.306. The van der Waals surface area contributed by atoms with E-state index < -0.39 is 7.92 Å². The van der Waals surface area contributed by atoms with Crippen molar-refractivity contribution in [3.8, 4) is 11.5 Å². The van der Waals surface area contributed by atoms with Gasteiger partial charge in [-0.25, -0.2) is 0 Å². The SMILES string of the molecule is CCCOc1cccc(OCCC)c1P(c1ccccc1)c1ccccc1. The monoisotopic (exact) mass is 378 g/mol. The fourth-order valence-electron chi connectivity index (χ4n) is 2.94. The molecule has 0 aromatic heterocycles. The molecule has 3 rings (SSSR count). The minimum absolute atomic E-state index is 0.705. The zero-order chi connectivity index (χ0) is 18.9. The Kier molecular flexibility index (Phi) is 7.30. The minimum atomic E-state index is -0.771. The van der Waals surface area contributed by atoms with E-state index in [9.17, 15) is 0 Å². The van der Waals surface area contributed by atoms with Gasteiger partial charge in [-0.15, -0.1) is 0 Å². The van der Waals surface area contributed by atoms with Gasteiger partial charge in [-0.2, -0.15) is 0 Å². The van der Waals surface area contributed by atoms with E-state index in [1.54, 1.807) is 0 Å². The van der Waals surface area contributed by atoms with Gasteiger partial charge in [-0.3, -0.25) is 0 Å². The van der Waals surface area contributed by atoms with Gasteiger partial charge in [0.1, 0.15) is 11.5 Å². The van der Waals surface area contributed by atoms with Gasteiger partial charge in [0.05, 0.1) is 18.5 Å². The molecule has 0 heterocycles. The molecule has 3 aromatic rings. The van der Waals surface area contributed by atoms with E-state index >= 15 is 0 Å². The summed E-state index contributed by atoms with van der Waals surface area (Å²) in [6.45, 7) is 5.68. The van der Waals surface area contributed by atoms with E-state index in [1.807, 2.05) is 6.07 Å². The van der Waals surface area contributed by atoms with Crippen molar-refractivity contribution in [3.63, 3.8) is 0 Å². The summed E-state index contributed by atoms with van der Waals surface area (Å²) in [4.78, 5) is 0. The molecule has 0 aliphatic carbocycles. The van der Waals surface area contributed by atoms with Crippen LogP contribution in [0.3, 0.4) is 0 Å². The molecule has 0 radical (unpaired) electrons.